The zero-order valence-corrected chi connectivity index (χ0v) is 9.00. The van der Waals surface area contributed by atoms with Crippen LogP contribution >= 0.6 is 0 Å². The Bertz CT molecular complexity index is 210. The second-order valence-corrected chi connectivity index (χ2v) is 2.81. The molecule has 0 amide bonds. The van der Waals surface area contributed by atoms with Gasteiger partial charge in [0.05, 0.1) is 13.6 Å². The second-order valence-electron chi connectivity index (χ2n) is 2.81. The lowest BCUT2D eigenvalue weighted by molar-refractivity contribution is -0.671. The van der Waals surface area contributed by atoms with E-state index in [-0.39, 0.29) is 17.0 Å². The van der Waals surface area contributed by atoms with Gasteiger partial charge in [0.25, 0.3) is 0 Å². The SMILES string of the molecule is C[n+]1ccn(CCCCN)c1.[Br-]. The number of nitrogens with two attached hydrogens (primary N) is 1. The van der Waals surface area contributed by atoms with Crippen molar-refractivity contribution in [3.05, 3.63) is 18.7 Å². The summed E-state index contributed by atoms with van der Waals surface area (Å²) in [7, 11) is 2.03. The highest BCUT2D eigenvalue weighted by atomic mass is 79.9. The molecular weight excluding hydrogens is 218 g/mol. The standard InChI is InChI=1S/C8H16N3.BrH/c1-10-6-7-11(8-10)5-3-2-4-9;/h6-8H,2-5,9H2,1H3;1H/q+1;/p-1. The molecule has 0 fully saturated rings. The summed E-state index contributed by atoms with van der Waals surface area (Å²) in [6.07, 6.45) is 8.49. The fourth-order valence-electron chi connectivity index (χ4n) is 1.07. The Balaban J connectivity index is 0.00000121. The Morgan fingerprint density at radius 2 is 2.17 bits per heavy atom. The van der Waals surface area contributed by atoms with Crippen LogP contribution in [0.3, 0.4) is 0 Å². The molecule has 0 radical (unpaired) electrons. The van der Waals surface area contributed by atoms with Gasteiger partial charge in [-0.05, 0) is 19.4 Å². The lowest BCUT2D eigenvalue weighted by atomic mass is 10.3. The van der Waals surface area contributed by atoms with E-state index in [2.05, 4.69) is 17.1 Å². The van der Waals surface area contributed by atoms with Crippen molar-refractivity contribution >= 4 is 0 Å². The molecule has 70 valence electrons. The van der Waals surface area contributed by atoms with Crippen LogP contribution in [0.5, 0.6) is 0 Å². The molecule has 0 spiro atoms. The largest absolute Gasteiger partial charge is 1.00 e. The van der Waals surface area contributed by atoms with Crippen molar-refractivity contribution in [1.82, 2.24) is 4.57 Å². The number of hydrogen-bond acceptors (Lipinski definition) is 1. The molecule has 3 nitrogen and oxygen atoms in total. The van der Waals surface area contributed by atoms with E-state index >= 15 is 0 Å². The van der Waals surface area contributed by atoms with E-state index in [1.54, 1.807) is 0 Å². The smallest absolute Gasteiger partial charge is 0.243 e. The fourth-order valence-corrected chi connectivity index (χ4v) is 1.07. The molecule has 0 atom stereocenters. The van der Waals surface area contributed by atoms with Crippen LogP contribution in [-0.4, -0.2) is 11.1 Å². The van der Waals surface area contributed by atoms with Gasteiger partial charge in [0.2, 0.25) is 6.33 Å². The van der Waals surface area contributed by atoms with E-state index < -0.39 is 0 Å². The van der Waals surface area contributed by atoms with Gasteiger partial charge in [-0.1, -0.05) is 0 Å². The Morgan fingerprint density at radius 3 is 2.67 bits per heavy atom. The highest BCUT2D eigenvalue weighted by molar-refractivity contribution is 4.65. The minimum absolute atomic E-state index is 0. The van der Waals surface area contributed by atoms with Crippen LogP contribution in [0.25, 0.3) is 0 Å². The van der Waals surface area contributed by atoms with Gasteiger partial charge >= 0.3 is 0 Å². The van der Waals surface area contributed by atoms with Crippen molar-refractivity contribution in [1.29, 1.82) is 0 Å². The Labute approximate surface area is 84.0 Å². The second kappa shape index (κ2) is 6.20. The number of aromatic nitrogens is 2. The Morgan fingerprint density at radius 1 is 1.42 bits per heavy atom. The van der Waals surface area contributed by atoms with Crippen LogP contribution in [0, 0.1) is 0 Å². The number of hydrogen-bond donors (Lipinski definition) is 1. The lowest BCUT2D eigenvalue weighted by Gasteiger charge is -1.93. The normalized spacial score (nSPS) is 9.50. The van der Waals surface area contributed by atoms with Gasteiger partial charge in [-0.15, -0.1) is 0 Å². The van der Waals surface area contributed by atoms with Crippen LogP contribution in [0.4, 0.5) is 0 Å². The van der Waals surface area contributed by atoms with Crippen LogP contribution < -0.4 is 27.3 Å². The zero-order valence-electron chi connectivity index (χ0n) is 7.41. The molecule has 1 aromatic rings. The highest BCUT2D eigenvalue weighted by Crippen LogP contribution is 1.91. The molecule has 0 saturated carbocycles. The summed E-state index contributed by atoms with van der Waals surface area (Å²) < 4.78 is 4.22. The van der Waals surface area contributed by atoms with Crippen LogP contribution in [0.2, 0.25) is 0 Å². The first-order chi connectivity index (χ1) is 5.33. The molecule has 0 aromatic carbocycles. The van der Waals surface area contributed by atoms with Gasteiger partial charge < -0.3 is 22.7 Å². The molecule has 4 heteroatoms. The van der Waals surface area contributed by atoms with Crippen LogP contribution in [-0.2, 0) is 13.6 Å². The molecular formula is C8H16BrN3. The van der Waals surface area contributed by atoms with E-state index in [9.17, 15) is 0 Å². The molecule has 0 aliphatic heterocycles. The summed E-state index contributed by atoms with van der Waals surface area (Å²) in [6, 6.07) is 0. The van der Waals surface area contributed by atoms with Gasteiger partial charge in [-0.3, -0.25) is 0 Å². The summed E-state index contributed by atoms with van der Waals surface area (Å²) >= 11 is 0. The molecule has 1 aromatic heterocycles. The summed E-state index contributed by atoms with van der Waals surface area (Å²) in [4.78, 5) is 0. The van der Waals surface area contributed by atoms with Crippen LogP contribution in [0.15, 0.2) is 18.7 Å². The summed E-state index contributed by atoms with van der Waals surface area (Å²) in [6.45, 7) is 1.88. The predicted octanol–water partition coefficient (Wildman–Crippen LogP) is -2.94. The lowest BCUT2D eigenvalue weighted by Crippen LogP contribution is -3.00. The first-order valence-electron chi connectivity index (χ1n) is 4.04. The number of aryl methyl sites for hydroxylation is 2. The van der Waals surface area contributed by atoms with Crippen LogP contribution in [0.1, 0.15) is 12.8 Å². The van der Waals surface area contributed by atoms with Gasteiger partial charge in [-0.2, -0.15) is 0 Å². The van der Waals surface area contributed by atoms with Crippen molar-refractivity contribution in [3.63, 3.8) is 0 Å². The van der Waals surface area contributed by atoms with Crippen molar-refractivity contribution in [2.75, 3.05) is 6.54 Å². The highest BCUT2D eigenvalue weighted by Gasteiger charge is 1.97. The zero-order chi connectivity index (χ0) is 8.10. The average Bonchev–Trinajstić information content (AvgIpc) is 2.37. The minimum Gasteiger partial charge on any atom is -1.00 e. The molecule has 0 saturated heterocycles. The van der Waals surface area contributed by atoms with Gasteiger partial charge in [0.1, 0.15) is 12.4 Å². The monoisotopic (exact) mass is 233 g/mol. The molecule has 0 unspecified atom stereocenters. The number of nitrogens with zero attached hydrogens (tertiary/aromatic N) is 2. The Kier molecular flexibility index (Phi) is 6.02. The fraction of sp³-hybridized carbons (Fsp3) is 0.625. The van der Waals surface area contributed by atoms with Crippen molar-refractivity contribution < 1.29 is 21.5 Å². The van der Waals surface area contributed by atoms with Crippen molar-refractivity contribution in [2.45, 2.75) is 19.4 Å². The van der Waals surface area contributed by atoms with E-state index in [4.69, 9.17) is 5.73 Å². The van der Waals surface area contributed by atoms with Crippen molar-refractivity contribution in [3.8, 4) is 0 Å². The molecule has 1 heterocycles. The molecule has 0 aliphatic carbocycles. The third kappa shape index (κ3) is 3.88. The maximum atomic E-state index is 5.38. The summed E-state index contributed by atoms with van der Waals surface area (Å²) in [5, 5.41) is 0. The number of rotatable bonds is 4. The molecule has 2 N–H and O–H groups in total. The molecule has 1 rings (SSSR count). The summed E-state index contributed by atoms with van der Waals surface area (Å²) in [5.74, 6) is 0. The maximum absolute atomic E-state index is 5.38. The van der Waals surface area contributed by atoms with Crippen molar-refractivity contribution in [2.24, 2.45) is 12.8 Å². The molecule has 0 bridgehead atoms. The van der Waals surface area contributed by atoms with Gasteiger partial charge in [0.15, 0.2) is 0 Å². The first-order valence-corrected chi connectivity index (χ1v) is 4.04. The minimum atomic E-state index is 0. The Hall–Kier alpha value is -0.350. The first kappa shape index (κ1) is 11.6. The quantitative estimate of drug-likeness (QED) is 0.439. The van der Waals surface area contributed by atoms with E-state index in [1.807, 2.05) is 17.8 Å². The summed E-state index contributed by atoms with van der Waals surface area (Å²) in [5.41, 5.74) is 5.38. The third-order valence-corrected chi connectivity index (χ3v) is 1.69. The number of halogens is 1. The van der Waals surface area contributed by atoms with E-state index in [1.165, 1.54) is 6.42 Å². The third-order valence-electron chi connectivity index (χ3n) is 1.69. The number of imidazole rings is 1. The topological polar surface area (TPSA) is 34.8 Å². The molecule has 0 aliphatic rings. The maximum Gasteiger partial charge on any atom is 0.243 e. The molecule has 12 heavy (non-hydrogen) atoms. The van der Waals surface area contributed by atoms with Gasteiger partial charge in [-0.25, -0.2) is 9.13 Å². The van der Waals surface area contributed by atoms with E-state index in [0.717, 1.165) is 19.5 Å². The predicted molar refractivity (Wildman–Crippen MR) is 43.9 cm³/mol. The average molecular weight is 234 g/mol. The van der Waals surface area contributed by atoms with E-state index in [0.29, 0.717) is 0 Å². The van der Waals surface area contributed by atoms with Gasteiger partial charge in [0, 0.05) is 0 Å². The number of unbranched alkanes of at least 4 members (excludes halogenated alkanes) is 1.